The number of hydrogen-bond donors (Lipinski definition) is 2. The Labute approximate surface area is 205 Å². The van der Waals surface area contributed by atoms with E-state index in [1.165, 1.54) is 31.3 Å². The summed E-state index contributed by atoms with van der Waals surface area (Å²) in [5.41, 5.74) is 0.0980. The molecule has 8 nitrogen and oxygen atoms in total. The second kappa shape index (κ2) is 9.88. The third-order valence-electron chi connectivity index (χ3n) is 7.22. The van der Waals surface area contributed by atoms with Crippen molar-refractivity contribution in [2.45, 2.75) is 37.6 Å². The first-order chi connectivity index (χ1) is 17.3. The van der Waals surface area contributed by atoms with Crippen molar-refractivity contribution in [3.8, 4) is 0 Å². The molecule has 2 N–H and O–H groups in total. The maximum atomic E-state index is 13.7. The summed E-state index contributed by atoms with van der Waals surface area (Å²) in [6, 6.07) is 7.35. The predicted octanol–water partition coefficient (Wildman–Crippen LogP) is 3.21. The molecular weight excluding hydrogens is 473 g/mol. The number of benzene rings is 1. The van der Waals surface area contributed by atoms with Gasteiger partial charge in [0.1, 0.15) is 23.0 Å². The lowest BCUT2D eigenvalue weighted by molar-refractivity contribution is 0.0956. The van der Waals surface area contributed by atoms with Crippen molar-refractivity contribution in [1.29, 1.82) is 0 Å². The maximum absolute atomic E-state index is 13.7. The zero-order valence-electron chi connectivity index (χ0n) is 19.8. The zero-order chi connectivity index (χ0) is 25.4. The van der Waals surface area contributed by atoms with E-state index in [0.29, 0.717) is 49.2 Å². The number of carbonyl (C=O) groups is 1. The lowest BCUT2D eigenvalue weighted by atomic mass is 10.1. The summed E-state index contributed by atoms with van der Waals surface area (Å²) >= 11 is 0. The van der Waals surface area contributed by atoms with E-state index in [2.05, 4.69) is 25.2 Å². The fourth-order valence-corrected chi connectivity index (χ4v) is 5.34. The summed E-state index contributed by atoms with van der Waals surface area (Å²) in [4.78, 5) is 39.9. The maximum Gasteiger partial charge on any atom is 0.282 e. The minimum atomic E-state index is -2.79. The number of pyridine rings is 1. The number of H-pyrrole nitrogens is 1. The average molecular weight is 501 g/mol. The number of fused-ring (bicyclic) bond motifs is 1. The number of hydrogen-bond acceptors (Lipinski definition) is 6. The van der Waals surface area contributed by atoms with Crippen LogP contribution in [0.5, 0.6) is 0 Å². The monoisotopic (exact) mass is 500 g/mol. The molecule has 1 saturated heterocycles. The van der Waals surface area contributed by atoms with E-state index in [1.54, 1.807) is 6.07 Å². The van der Waals surface area contributed by atoms with Crippen molar-refractivity contribution in [1.82, 2.24) is 25.2 Å². The van der Waals surface area contributed by atoms with Gasteiger partial charge in [-0.3, -0.25) is 14.5 Å². The highest BCUT2D eigenvalue weighted by Crippen LogP contribution is 2.36. The fourth-order valence-electron chi connectivity index (χ4n) is 5.34. The van der Waals surface area contributed by atoms with Gasteiger partial charge in [-0.25, -0.2) is 23.1 Å². The van der Waals surface area contributed by atoms with E-state index < -0.39 is 18.1 Å². The van der Waals surface area contributed by atoms with Crippen LogP contribution in [0.3, 0.4) is 0 Å². The van der Waals surface area contributed by atoms with Gasteiger partial charge >= 0.3 is 0 Å². The van der Waals surface area contributed by atoms with Crippen molar-refractivity contribution in [2.24, 2.45) is 0 Å². The van der Waals surface area contributed by atoms with Crippen LogP contribution in [-0.4, -0.2) is 65.0 Å². The highest BCUT2D eigenvalue weighted by molar-refractivity contribution is 5.92. The summed E-state index contributed by atoms with van der Waals surface area (Å²) < 4.78 is 40.9. The smallest absolute Gasteiger partial charge is 0.282 e. The number of rotatable bonds is 5. The number of alkyl halides is 2. The largest absolute Gasteiger partial charge is 0.367 e. The van der Waals surface area contributed by atoms with E-state index in [9.17, 15) is 22.8 Å². The van der Waals surface area contributed by atoms with Crippen LogP contribution in [0.15, 0.2) is 35.1 Å². The molecule has 2 fully saturated rings. The summed E-state index contributed by atoms with van der Waals surface area (Å²) in [5, 5.41) is 2.65. The van der Waals surface area contributed by atoms with Crippen LogP contribution in [-0.2, 0) is 0 Å². The molecule has 3 heterocycles. The number of carbonyl (C=O) groups excluding carboxylic acids is 1. The Morgan fingerprint density at radius 2 is 1.89 bits per heavy atom. The van der Waals surface area contributed by atoms with E-state index in [-0.39, 0.29) is 28.3 Å². The molecular formula is C25H27F3N6O2. The number of halogens is 3. The molecule has 1 amide bonds. The van der Waals surface area contributed by atoms with E-state index in [4.69, 9.17) is 0 Å². The molecule has 0 radical (unpaired) electrons. The number of aromatic nitrogens is 3. The van der Waals surface area contributed by atoms with Gasteiger partial charge in [-0.2, -0.15) is 0 Å². The first kappa shape index (κ1) is 24.2. The van der Waals surface area contributed by atoms with Crippen LogP contribution in [0.1, 0.15) is 53.6 Å². The van der Waals surface area contributed by atoms with Crippen molar-refractivity contribution in [2.75, 3.05) is 38.1 Å². The van der Waals surface area contributed by atoms with Crippen LogP contribution < -0.4 is 15.8 Å². The van der Waals surface area contributed by atoms with Gasteiger partial charge in [0.05, 0.1) is 16.6 Å². The van der Waals surface area contributed by atoms with Gasteiger partial charge in [-0.1, -0.05) is 0 Å². The van der Waals surface area contributed by atoms with Crippen LogP contribution in [0, 0.1) is 5.82 Å². The molecule has 0 spiro atoms. The Kier molecular flexibility index (Phi) is 6.65. The Balaban J connectivity index is 1.25. The molecule has 1 aromatic carbocycles. The lowest BCUT2D eigenvalue weighted by Crippen LogP contribution is -2.50. The highest BCUT2D eigenvalue weighted by atomic mass is 19.3. The van der Waals surface area contributed by atoms with Gasteiger partial charge in [0.15, 0.2) is 0 Å². The van der Waals surface area contributed by atoms with E-state index in [1.807, 2.05) is 4.90 Å². The van der Waals surface area contributed by atoms with Crippen LogP contribution in [0.25, 0.3) is 10.9 Å². The van der Waals surface area contributed by atoms with Crippen molar-refractivity contribution in [3.63, 3.8) is 0 Å². The molecule has 2 aromatic heterocycles. The quantitative estimate of drug-likeness (QED) is 0.559. The minimum absolute atomic E-state index is 0.0299. The van der Waals surface area contributed by atoms with E-state index in [0.717, 1.165) is 19.3 Å². The average Bonchev–Trinajstić information content (AvgIpc) is 3.39. The molecule has 5 rings (SSSR count). The van der Waals surface area contributed by atoms with Crippen molar-refractivity contribution < 1.29 is 18.0 Å². The second-order valence-corrected chi connectivity index (χ2v) is 9.28. The molecule has 11 heteroatoms. The molecule has 2 atom stereocenters. The van der Waals surface area contributed by atoms with Crippen LogP contribution in [0.2, 0.25) is 0 Å². The van der Waals surface area contributed by atoms with Gasteiger partial charge < -0.3 is 15.2 Å². The Bertz CT molecular complexity index is 1340. The molecule has 190 valence electrons. The molecule has 1 aliphatic carbocycles. The van der Waals surface area contributed by atoms with Gasteiger partial charge in [-0.15, -0.1) is 0 Å². The summed E-state index contributed by atoms with van der Waals surface area (Å²) in [7, 11) is 1.43. The normalized spacial score (nSPS) is 20.9. The zero-order valence-corrected chi connectivity index (χ0v) is 19.8. The van der Waals surface area contributed by atoms with Crippen molar-refractivity contribution >= 4 is 22.5 Å². The van der Waals surface area contributed by atoms with E-state index >= 15 is 0 Å². The second-order valence-electron chi connectivity index (χ2n) is 9.28. The number of nitrogens with one attached hydrogen (secondary N) is 2. The highest BCUT2D eigenvalue weighted by Gasteiger charge is 2.34. The third-order valence-corrected chi connectivity index (χ3v) is 7.22. The predicted molar refractivity (Wildman–Crippen MR) is 129 cm³/mol. The van der Waals surface area contributed by atoms with Crippen molar-refractivity contribution in [3.05, 3.63) is 63.7 Å². The molecule has 0 bridgehead atoms. The van der Waals surface area contributed by atoms with Gasteiger partial charge in [0.25, 0.3) is 17.9 Å². The standard InChI is InChI=1S/C25H27F3N6O2/c1-29-25(36)19-6-7-20(21(30-19)22(27)28)34-10-8-33(9-11-34)16-4-2-14(12-16)23-31-18-5-3-15(26)13-17(18)24(35)32-23/h3,5-7,13-14,16,22H,2,4,8-12H2,1H3,(H,29,36)(H,31,32,35)/t14-,16-/m1/s1. The van der Waals surface area contributed by atoms with Gasteiger partial charge in [0.2, 0.25) is 0 Å². The minimum Gasteiger partial charge on any atom is -0.367 e. The van der Waals surface area contributed by atoms with Crippen LogP contribution in [0.4, 0.5) is 18.9 Å². The molecule has 36 heavy (non-hydrogen) atoms. The first-order valence-electron chi connectivity index (χ1n) is 12.0. The third kappa shape index (κ3) is 4.67. The van der Waals surface area contributed by atoms with Crippen LogP contribution >= 0.6 is 0 Å². The Hall–Kier alpha value is -3.47. The van der Waals surface area contributed by atoms with Gasteiger partial charge in [0, 0.05) is 45.2 Å². The summed E-state index contributed by atoms with van der Waals surface area (Å²) in [6.07, 6.45) is -0.131. The molecule has 1 saturated carbocycles. The summed E-state index contributed by atoms with van der Waals surface area (Å²) in [5.74, 6) is -0.244. The number of piperazine rings is 1. The molecule has 1 aliphatic heterocycles. The SMILES string of the molecule is CNC(=O)c1ccc(N2CCN([C@@H]3CC[C@@H](c4nc5ccc(F)cc5c(=O)[nH]4)C3)CC2)c(C(F)F)n1. The Morgan fingerprint density at radius 1 is 1.11 bits per heavy atom. The number of anilines is 1. The Morgan fingerprint density at radius 3 is 2.61 bits per heavy atom. The first-order valence-corrected chi connectivity index (χ1v) is 12.0. The number of nitrogens with zero attached hydrogens (tertiary/aromatic N) is 4. The number of amides is 1. The van der Waals surface area contributed by atoms with Gasteiger partial charge in [-0.05, 0) is 49.6 Å². The molecule has 2 aliphatic rings. The fraction of sp³-hybridized carbons (Fsp3) is 0.440. The topological polar surface area (TPSA) is 94.2 Å². The summed E-state index contributed by atoms with van der Waals surface area (Å²) in [6.45, 7) is 2.55. The molecule has 0 unspecified atom stereocenters. The lowest BCUT2D eigenvalue weighted by Gasteiger charge is -2.39. The molecule has 3 aromatic rings. The number of aromatic amines is 1.